The van der Waals surface area contributed by atoms with E-state index in [0.717, 1.165) is 16.6 Å². The first-order valence-electron chi connectivity index (χ1n) is 7.72. The molecule has 0 aliphatic heterocycles. The molecule has 122 valence electrons. The van der Waals surface area contributed by atoms with Gasteiger partial charge in [0, 0.05) is 30.7 Å². The highest BCUT2D eigenvalue weighted by atomic mass is 16.2. The highest BCUT2D eigenvalue weighted by Gasteiger charge is 2.12. The first kappa shape index (κ1) is 15.8. The fraction of sp³-hybridized carbons (Fsp3) is 0.158. The Balaban J connectivity index is 1.80. The van der Waals surface area contributed by atoms with Gasteiger partial charge in [0.2, 0.25) is 5.43 Å². The number of carbonyl (C=O) groups excluding carboxylic acids is 1. The summed E-state index contributed by atoms with van der Waals surface area (Å²) in [4.78, 5) is 29.5. The second-order valence-corrected chi connectivity index (χ2v) is 5.85. The lowest BCUT2D eigenvalue weighted by Crippen LogP contribution is -2.32. The molecule has 5 heteroatoms. The van der Waals surface area contributed by atoms with Crippen molar-refractivity contribution in [3.05, 3.63) is 76.1 Å². The van der Waals surface area contributed by atoms with Crippen LogP contribution in [0.15, 0.2) is 59.5 Å². The van der Waals surface area contributed by atoms with Crippen LogP contribution in [0.3, 0.4) is 0 Å². The van der Waals surface area contributed by atoms with Gasteiger partial charge < -0.3 is 15.2 Å². The zero-order valence-corrected chi connectivity index (χ0v) is 13.7. The van der Waals surface area contributed by atoms with E-state index in [1.165, 1.54) is 11.1 Å². The van der Waals surface area contributed by atoms with E-state index >= 15 is 0 Å². The lowest BCUT2D eigenvalue weighted by atomic mass is 10.1. The predicted octanol–water partition coefficient (Wildman–Crippen LogP) is 3.50. The third-order valence-corrected chi connectivity index (χ3v) is 3.89. The molecule has 5 nitrogen and oxygen atoms in total. The number of anilines is 1. The van der Waals surface area contributed by atoms with Gasteiger partial charge in [0.15, 0.2) is 0 Å². The predicted molar refractivity (Wildman–Crippen MR) is 96.2 cm³/mol. The van der Waals surface area contributed by atoms with E-state index < -0.39 is 0 Å². The molecule has 0 radical (unpaired) electrons. The molecule has 0 spiro atoms. The van der Waals surface area contributed by atoms with Gasteiger partial charge >= 0.3 is 6.03 Å². The third kappa shape index (κ3) is 3.30. The number of benzene rings is 2. The Hall–Kier alpha value is -3.08. The molecule has 0 saturated heterocycles. The molecule has 0 saturated carbocycles. The number of pyridine rings is 1. The number of hydrogen-bond acceptors (Lipinski definition) is 2. The van der Waals surface area contributed by atoms with Crippen LogP contribution in [-0.2, 0) is 6.54 Å². The molecular weight excluding hydrogens is 302 g/mol. The van der Waals surface area contributed by atoms with E-state index in [9.17, 15) is 9.59 Å². The summed E-state index contributed by atoms with van der Waals surface area (Å²) in [5.74, 6) is 0. The Morgan fingerprint density at radius 1 is 1.17 bits per heavy atom. The highest BCUT2D eigenvalue weighted by molar-refractivity contribution is 5.91. The minimum Gasteiger partial charge on any atom is -0.359 e. The molecule has 24 heavy (non-hydrogen) atoms. The molecule has 2 amide bonds. The summed E-state index contributed by atoms with van der Waals surface area (Å²) in [7, 11) is 1.70. The summed E-state index contributed by atoms with van der Waals surface area (Å²) in [6.45, 7) is 2.40. The van der Waals surface area contributed by atoms with Crippen LogP contribution in [0.1, 0.15) is 11.1 Å². The smallest absolute Gasteiger partial charge is 0.322 e. The van der Waals surface area contributed by atoms with Crippen LogP contribution >= 0.6 is 0 Å². The average molecular weight is 321 g/mol. The van der Waals surface area contributed by atoms with E-state index in [4.69, 9.17) is 0 Å². The van der Waals surface area contributed by atoms with E-state index in [-0.39, 0.29) is 17.1 Å². The first-order chi connectivity index (χ1) is 11.5. The first-order valence-corrected chi connectivity index (χ1v) is 7.72. The summed E-state index contributed by atoms with van der Waals surface area (Å²) in [6, 6.07) is 15.0. The largest absolute Gasteiger partial charge is 0.359 e. The van der Waals surface area contributed by atoms with Gasteiger partial charge in [-0.25, -0.2) is 4.79 Å². The SMILES string of the molecule is Cc1ccc2[nH]cc(NC(=O)N(C)Cc3ccccc3)c(=O)c2c1. The Bertz CT molecular complexity index is 932. The second-order valence-electron chi connectivity index (χ2n) is 5.85. The topological polar surface area (TPSA) is 65.2 Å². The molecule has 1 heterocycles. The molecule has 0 aliphatic carbocycles. The number of nitrogens with one attached hydrogen (secondary N) is 2. The maximum absolute atomic E-state index is 12.5. The normalized spacial score (nSPS) is 10.6. The van der Waals surface area contributed by atoms with Crippen LogP contribution in [0.4, 0.5) is 10.5 Å². The second kappa shape index (κ2) is 6.58. The van der Waals surface area contributed by atoms with Gasteiger partial charge in [-0.05, 0) is 24.6 Å². The van der Waals surface area contributed by atoms with Crippen molar-refractivity contribution < 1.29 is 4.79 Å². The number of amides is 2. The quantitative estimate of drug-likeness (QED) is 0.775. The van der Waals surface area contributed by atoms with Gasteiger partial charge in [-0.1, -0.05) is 42.0 Å². The van der Waals surface area contributed by atoms with E-state index in [0.29, 0.717) is 11.9 Å². The number of fused-ring (bicyclic) bond motifs is 1. The number of aromatic nitrogens is 1. The van der Waals surface area contributed by atoms with Gasteiger partial charge in [0.05, 0.1) is 0 Å². The average Bonchev–Trinajstić information content (AvgIpc) is 2.58. The summed E-state index contributed by atoms with van der Waals surface area (Å²) in [5, 5.41) is 3.25. The summed E-state index contributed by atoms with van der Waals surface area (Å²) >= 11 is 0. The van der Waals surface area contributed by atoms with Crippen molar-refractivity contribution in [2.75, 3.05) is 12.4 Å². The fourth-order valence-electron chi connectivity index (χ4n) is 2.56. The number of hydrogen-bond donors (Lipinski definition) is 2. The number of H-pyrrole nitrogens is 1. The summed E-state index contributed by atoms with van der Waals surface area (Å²) < 4.78 is 0. The zero-order chi connectivity index (χ0) is 17.1. The third-order valence-electron chi connectivity index (χ3n) is 3.89. The van der Waals surface area contributed by atoms with Crippen molar-refractivity contribution in [1.82, 2.24) is 9.88 Å². The molecule has 0 fully saturated rings. The maximum Gasteiger partial charge on any atom is 0.322 e. The Labute approximate surface area is 139 Å². The Morgan fingerprint density at radius 2 is 1.92 bits per heavy atom. The van der Waals surface area contributed by atoms with E-state index in [1.807, 2.05) is 55.5 Å². The summed E-state index contributed by atoms with van der Waals surface area (Å²) in [6.07, 6.45) is 1.54. The van der Waals surface area contributed by atoms with E-state index in [2.05, 4.69) is 10.3 Å². The van der Waals surface area contributed by atoms with Crippen LogP contribution in [0.5, 0.6) is 0 Å². The van der Waals surface area contributed by atoms with Gasteiger partial charge in [-0.3, -0.25) is 4.79 Å². The Kier molecular flexibility index (Phi) is 4.33. The number of nitrogens with zero attached hydrogens (tertiary/aromatic N) is 1. The number of aryl methyl sites for hydroxylation is 1. The van der Waals surface area contributed by atoms with Crippen LogP contribution in [0.2, 0.25) is 0 Å². The lowest BCUT2D eigenvalue weighted by molar-refractivity contribution is 0.220. The van der Waals surface area contributed by atoms with Gasteiger partial charge in [0.1, 0.15) is 5.69 Å². The zero-order valence-electron chi connectivity index (χ0n) is 13.7. The van der Waals surface area contributed by atoms with Gasteiger partial charge in [0.25, 0.3) is 0 Å². The van der Waals surface area contributed by atoms with Crippen LogP contribution < -0.4 is 10.7 Å². The highest BCUT2D eigenvalue weighted by Crippen LogP contribution is 2.13. The maximum atomic E-state index is 12.5. The molecule has 0 atom stereocenters. The van der Waals surface area contributed by atoms with Crippen LogP contribution in [-0.4, -0.2) is 23.0 Å². The minimum atomic E-state index is -0.323. The molecule has 1 aromatic heterocycles. The number of aromatic amines is 1. The standard InChI is InChI=1S/C19H19N3O2/c1-13-8-9-16-15(10-13)18(23)17(11-20-16)21-19(24)22(2)12-14-6-4-3-5-7-14/h3-11H,12H2,1-2H3,(H,20,23)(H,21,24). The van der Waals surface area contributed by atoms with E-state index in [1.54, 1.807) is 7.05 Å². The van der Waals surface area contributed by atoms with Gasteiger partial charge in [-0.2, -0.15) is 0 Å². The molecule has 0 bridgehead atoms. The van der Waals surface area contributed by atoms with Crippen LogP contribution in [0.25, 0.3) is 10.9 Å². The fourth-order valence-corrected chi connectivity index (χ4v) is 2.56. The van der Waals surface area contributed by atoms with Gasteiger partial charge in [-0.15, -0.1) is 0 Å². The number of urea groups is 1. The van der Waals surface area contributed by atoms with Crippen molar-refractivity contribution in [1.29, 1.82) is 0 Å². The molecule has 3 rings (SSSR count). The van der Waals surface area contributed by atoms with Crippen molar-refractivity contribution in [3.63, 3.8) is 0 Å². The molecule has 0 aliphatic rings. The minimum absolute atomic E-state index is 0.186. The number of carbonyl (C=O) groups is 1. The molecule has 2 N–H and O–H groups in total. The van der Waals surface area contributed by atoms with Crippen molar-refractivity contribution in [2.24, 2.45) is 0 Å². The molecular formula is C19H19N3O2. The monoisotopic (exact) mass is 321 g/mol. The Morgan fingerprint density at radius 3 is 2.67 bits per heavy atom. The molecule has 0 unspecified atom stereocenters. The lowest BCUT2D eigenvalue weighted by Gasteiger charge is -2.18. The van der Waals surface area contributed by atoms with Crippen LogP contribution in [0, 0.1) is 6.92 Å². The molecule has 2 aromatic carbocycles. The molecule has 3 aromatic rings. The van der Waals surface area contributed by atoms with Crippen molar-refractivity contribution >= 4 is 22.6 Å². The number of rotatable bonds is 3. The van der Waals surface area contributed by atoms with Crippen molar-refractivity contribution in [3.8, 4) is 0 Å². The summed E-state index contributed by atoms with van der Waals surface area (Å²) in [5.41, 5.74) is 2.84. The van der Waals surface area contributed by atoms with Crippen molar-refractivity contribution in [2.45, 2.75) is 13.5 Å².